The van der Waals surface area contributed by atoms with E-state index in [1.807, 2.05) is 19.3 Å². The monoisotopic (exact) mass is 295 g/mol. The van der Waals surface area contributed by atoms with E-state index in [4.69, 9.17) is 0 Å². The van der Waals surface area contributed by atoms with Crippen LogP contribution in [0, 0.1) is 0 Å². The van der Waals surface area contributed by atoms with Crippen LogP contribution in [0.2, 0.25) is 0 Å². The van der Waals surface area contributed by atoms with Crippen molar-refractivity contribution in [3.63, 3.8) is 0 Å². The Morgan fingerprint density at radius 1 is 1.35 bits per heavy atom. The molecule has 0 saturated heterocycles. The minimum atomic E-state index is 0.403. The lowest BCUT2D eigenvalue weighted by Gasteiger charge is -2.07. The number of rotatable bonds is 3. The van der Waals surface area contributed by atoms with Crippen LogP contribution in [-0.2, 0) is 0 Å². The van der Waals surface area contributed by atoms with Crippen LogP contribution in [0.4, 0.5) is 5.82 Å². The van der Waals surface area contributed by atoms with Crippen molar-refractivity contribution in [2.24, 2.45) is 0 Å². The topological polar surface area (TPSA) is 55.6 Å². The van der Waals surface area contributed by atoms with Crippen LogP contribution in [-0.4, -0.2) is 26.8 Å². The summed E-state index contributed by atoms with van der Waals surface area (Å²) >= 11 is 3.48. The molecule has 2 aromatic heterocycles. The molecule has 2 aromatic rings. The summed E-state index contributed by atoms with van der Waals surface area (Å²) in [6, 6.07) is 2.00. The van der Waals surface area contributed by atoms with Gasteiger partial charge in [0.1, 0.15) is 16.6 Å². The maximum absolute atomic E-state index is 4.48. The number of anilines is 1. The normalized spacial score (nSPS) is 10.9. The molecule has 6 heteroatoms. The summed E-state index contributed by atoms with van der Waals surface area (Å²) in [6.07, 6.45) is 3.42. The number of nitrogens with zero attached hydrogens (tertiary/aromatic N) is 4. The standard InChI is InChI=1S/C11H14BrN5/c1-7(2)8-4-5-17(16-8)11-9(12)10(13-3)14-6-15-11/h4-7H,1-3H3,(H,13,14,15). The van der Waals surface area contributed by atoms with E-state index < -0.39 is 0 Å². The highest BCUT2D eigenvalue weighted by Crippen LogP contribution is 2.25. The van der Waals surface area contributed by atoms with Crippen LogP contribution in [0.1, 0.15) is 25.5 Å². The highest BCUT2D eigenvalue weighted by Gasteiger charge is 2.11. The summed E-state index contributed by atoms with van der Waals surface area (Å²) < 4.78 is 2.56. The van der Waals surface area contributed by atoms with Gasteiger partial charge in [-0.05, 0) is 27.9 Å². The lowest BCUT2D eigenvalue weighted by Crippen LogP contribution is -2.04. The van der Waals surface area contributed by atoms with Crippen molar-refractivity contribution in [2.45, 2.75) is 19.8 Å². The SMILES string of the molecule is CNc1ncnc(-n2ccc(C(C)C)n2)c1Br. The van der Waals surface area contributed by atoms with Crippen LogP contribution >= 0.6 is 15.9 Å². The number of nitrogens with one attached hydrogen (secondary N) is 1. The van der Waals surface area contributed by atoms with E-state index in [1.54, 1.807) is 4.68 Å². The van der Waals surface area contributed by atoms with Crippen molar-refractivity contribution in [1.82, 2.24) is 19.7 Å². The molecule has 17 heavy (non-hydrogen) atoms. The lowest BCUT2D eigenvalue weighted by molar-refractivity contribution is 0.754. The Bertz CT molecular complexity index is 520. The van der Waals surface area contributed by atoms with Gasteiger partial charge in [0.15, 0.2) is 5.82 Å². The first-order chi connectivity index (χ1) is 8.13. The van der Waals surface area contributed by atoms with Crippen molar-refractivity contribution in [2.75, 3.05) is 12.4 Å². The minimum Gasteiger partial charge on any atom is -0.372 e. The fraction of sp³-hybridized carbons (Fsp3) is 0.364. The molecule has 0 fully saturated rings. The number of hydrogen-bond donors (Lipinski definition) is 1. The van der Waals surface area contributed by atoms with E-state index >= 15 is 0 Å². The molecule has 2 heterocycles. The van der Waals surface area contributed by atoms with Crippen LogP contribution in [0.15, 0.2) is 23.1 Å². The molecule has 0 aromatic carbocycles. The molecule has 0 bridgehead atoms. The van der Waals surface area contributed by atoms with E-state index in [0.717, 1.165) is 21.8 Å². The van der Waals surface area contributed by atoms with E-state index in [2.05, 4.69) is 50.2 Å². The van der Waals surface area contributed by atoms with E-state index in [9.17, 15) is 0 Å². The second-order valence-corrected chi connectivity index (χ2v) is 4.74. The smallest absolute Gasteiger partial charge is 0.173 e. The van der Waals surface area contributed by atoms with Gasteiger partial charge >= 0.3 is 0 Å². The molecule has 0 unspecified atom stereocenters. The van der Waals surface area contributed by atoms with Gasteiger partial charge in [0.25, 0.3) is 0 Å². The Balaban J connectivity index is 2.45. The fourth-order valence-electron chi connectivity index (χ4n) is 1.46. The average Bonchev–Trinajstić information content (AvgIpc) is 2.78. The Labute approximate surface area is 108 Å². The van der Waals surface area contributed by atoms with Gasteiger partial charge in [-0.25, -0.2) is 14.6 Å². The van der Waals surface area contributed by atoms with Gasteiger partial charge in [0.05, 0.1) is 5.69 Å². The van der Waals surface area contributed by atoms with Crippen LogP contribution < -0.4 is 5.32 Å². The number of aromatic nitrogens is 4. The maximum Gasteiger partial charge on any atom is 0.173 e. The molecule has 0 aliphatic carbocycles. The molecule has 1 N–H and O–H groups in total. The lowest BCUT2D eigenvalue weighted by atomic mass is 10.1. The third kappa shape index (κ3) is 2.31. The van der Waals surface area contributed by atoms with Crippen LogP contribution in [0.3, 0.4) is 0 Å². The summed E-state index contributed by atoms with van der Waals surface area (Å²) in [4.78, 5) is 8.35. The van der Waals surface area contributed by atoms with Gasteiger partial charge < -0.3 is 5.32 Å². The highest BCUT2D eigenvalue weighted by molar-refractivity contribution is 9.10. The summed E-state index contributed by atoms with van der Waals surface area (Å²) in [5, 5.41) is 7.48. The summed E-state index contributed by atoms with van der Waals surface area (Å²) in [6.45, 7) is 4.22. The first kappa shape index (κ1) is 12.0. The van der Waals surface area contributed by atoms with Gasteiger partial charge in [0, 0.05) is 13.2 Å². The van der Waals surface area contributed by atoms with Gasteiger partial charge in [-0.2, -0.15) is 5.10 Å². The average molecular weight is 296 g/mol. The Morgan fingerprint density at radius 2 is 2.12 bits per heavy atom. The Hall–Kier alpha value is -1.43. The van der Waals surface area contributed by atoms with Crippen molar-refractivity contribution < 1.29 is 0 Å². The van der Waals surface area contributed by atoms with Gasteiger partial charge in [-0.3, -0.25) is 0 Å². The van der Waals surface area contributed by atoms with Gasteiger partial charge in [-0.1, -0.05) is 13.8 Å². The predicted octanol–water partition coefficient (Wildman–Crippen LogP) is 2.59. The fourth-order valence-corrected chi connectivity index (χ4v) is 2.04. The van der Waals surface area contributed by atoms with E-state index in [0.29, 0.717) is 5.92 Å². The largest absolute Gasteiger partial charge is 0.372 e. The summed E-state index contributed by atoms with van der Waals surface area (Å²) in [5.74, 6) is 1.88. The van der Waals surface area contributed by atoms with E-state index in [-0.39, 0.29) is 0 Å². The Kier molecular flexibility index (Phi) is 3.42. The maximum atomic E-state index is 4.48. The second kappa shape index (κ2) is 4.83. The number of halogens is 1. The molecule has 0 radical (unpaired) electrons. The van der Waals surface area contributed by atoms with Crippen LogP contribution in [0.5, 0.6) is 0 Å². The number of hydrogen-bond acceptors (Lipinski definition) is 4. The first-order valence-corrected chi connectivity index (χ1v) is 6.17. The highest BCUT2D eigenvalue weighted by atomic mass is 79.9. The molecular formula is C11H14BrN5. The molecular weight excluding hydrogens is 282 g/mol. The van der Waals surface area contributed by atoms with Crippen molar-refractivity contribution in [1.29, 1.82) is 0 Å². The molecule has 0 spiro atoms. The molecule has 0 aliphatic heterocycles. The van der Waals surface area contributed by atoms with Crippen molar-refractivity contribution in [3.8, 4) is 5.82 Å². The Morgan fingerprint density at radius 3 is 2.71 bits per heavy atom. The molecule has 5 nitrogen and oxygen atoms in total. The molecule has 2 rings (SSSR count). The third-order valence-electron chi connectivity index (χ3n) is 2.43. The summed E-state index contributed by atoms with van der Waals surface area (Å²) in [5.41, 5.74) is 1.04. The minimum absolute atomic E-state index is 0.403. The zero-order valence-electron chi connectivity index (χ0n) is 9.98. The quantitative estimate of drug-likeness (QED) is 0.946. The van der Waals surface area contributed by atoms with Crippen molar-refractivity contribution in [3.05, 3.63) is 28.8 Å². The third-order valence-corrected chi connectivity index (χ3v) is 3.16. The second-order valence-electron chi connectivity index (χ2n) is 3.95. The zero-order valence-corrected chi connectivity index (χ0v) is 11.6. The van der Waals surface area contributed by atoms with Crippen molar-refractivity contribution >= 4 is 21.7 Å². The van der Waals surface area contributed by atoms with Crippen LogP contribution in [0.25, 0.3) is 5.82 Å². The predicted molar refractivity (Wildman–Crippen MR) is 70.5 cm³/mol. The zero-order chi connectivity index (χ0) is 12.4. The first-order valence-electron chi connectivity index (χ1n) is 5.37. The molecule has 0 aliphatic rings. The molecule has 0 amide bonds. The summed E-state index contributed by atoms with van der Waals surface area (Å²) in [7, 11) is 1.82. The molecule has 0 atom stereocenters. The van der Waals surface area contributed by atoms with Gasteiger partial charge in [-0.15, -0.1) is 0 Å². The van der Waals surface area contributed by atoms with E-state index in [1.165, 1.54) is 6.33 Å². The molecule has 0 saturated carbocycles. The van der Waals surface area contributed by atoms with Gasteiger partial charge in [0.2, 0.25) is 0 Å². The molecule has 90 valence electrons.